The van der Waals surface area contributed by atoms with Crippen molar-refractivity contribution in [1.29, 1.82) is 0 Å². The molecule has 0 aliphatic carbocycles. The first kappa shape index (κ1) is 24.0. The topological polar surface area (TPSA) is 157 Å². The minimum absolute atomic E-state index is 0.0594. The fraction of sp³-hybridized carbons (Fsp3) is 0.476. The maximum atomic E-state index is 13.1. The summed E-state index contributed by atoms with van der Waals surface area (Å²) in [7, 11) is 1.50. The van der Waals surface area contributed by atoms with Gasteiger partial charge in [-0.3, -0.25) is 24.0 Å². The first-order chi connectivity index (χ1) is 15.8. The van der Waals surface area contributed by atoms with Gasteiger partial charge in [0.2, 0.25) is 23.6 Å². The molecule has 4 N–H and O–H groups in total. The first-order valence-corrected chi connectivity index (χ1v) is 10.5. The van der Waals surface area contributed by atoms with Gasteiger partial charge in [-0.1, -0.05) is 12.1 Å². The fourth-order valence-electron chi connectivity index (χ4n) is 3.56. The third-order valence-electron chi connectivity index (χ3n) is 5.35. The van der Waals surface area contributed by atoms with Crippen LogP contribution >= 0.6 is 0 Å². The zero-order valence-corrected chi connectivity index (χ0v) is 18.2. The molecule has 0 bridgehead atoms. The standard InChI is InChI=1S/C21H27N5O7/c1-25-8-9-33-16-5-3-2-4-13(16)19(30)24-14(10-17(28)23-15(12-27)20(25)31)21(32)26-7-6-22-18(29)11-26/h2-5,14-15,27H,6-12H2,1H3,(H,22,29)(H,23,28)(H,24,30)/t14-,15-/m0/s1. The molecule has 2 aliphatic rings. The van der Waals surface area contributed by atoms with Gasteiger partial charge in [-0.15, -0.1) is 0 Å². The van der Waals surface area contributed by atoms with Crippen LogP contribution in [0.3, 0.4) is 0 Å². The van der Waals surface area contributed by atoms with E-state index in [1.54, 1.807) is 18.2 Å². The molecule has 1 aromatic rings. The van der Waals surface area contributed by atoms with Crippen molar-refractivity contribution in [1.82, 2.24) is 25.8 Å². The lowest BCUT2D eigenvalue weighted by Gasteiger charge is -2.31. The van der Waals surface area contributed by atoms with Crippen molar-refractivity contribution in [3.8, 4) is 5.75 Å². The molecule has 178 valence electrons. The van der Waals surface area contributed by atoms with Crippen molar-refractivity contribution >= 4 is 29.5 Å². The van der Waals surface area contributed by atoms with E-state index in [-0.39, 0.29) is 50.0 Å². The number of aliphatic hydroxyl groups is 1. The van der Waals surface area contributed by atoms with E-state index in [1.165, 1.54) is 22.9 Å². The average Bonchev–Trinajstić information content (AvgIpc) is 2.80. The zero-order chi connectivity index (χ0) is 24.0. The summed E-state index contributed by atoms with van der Waals surface area (Å²) in [5.41, 5.74) is 0.159. The highest BCUT2D eigenvalue weighted by molar-refractivity contribution is 6.01. The highest BCUT2D eigenvalue weighted by Crippen LogP contribution is 2.19. The third kappa shape index (κ3) is 5.98. The molecule has 3 rings (SSSR count). The monoisotopic (exact) mass is 461 g/mol. The number of carbonyl (C=O) groups excluding carboxylic acids is 5. The van der Waals surface area contributed by atoms with Crippen LogP contribution in [-0.2, 0) is 19.2 Å². The molecule has 0 spiro atoms. The molecule has 0 saturated carbocycles. The van der Waals surface area contributed by atoms with Crippen molar-refractivity contribution in [2.75, 3.05) is 46.4 Å². The van der Waals surface area contributed by atoms with Crippen LogP contribution in [0.4, 0.5) is 0 Å². The number of nitrogens with one attached hydrogen (secondary N) is 3. The number of amides is 5. The number of piperazine rings is 1. The van der Waals surface area contributed by atoms with Gasteiger partial charge >= 0.3 is 0 Å². The van der Waals surface area contributed by atoms with E-state index < -0.39 is 48.7 Å². The predicted molar refractivity (Wildman–Crippen MR) is 114 cm³/mol. The second kappa shape index (κ2) is 10.8. The Bertz CT molecular complexity index is 937. The van der Waals surface area contributed by atoms with E-state index >= 15 is 0 Å². The van der Waals surface area contributed by atoms with Crippen LogP contribution in [-0.4, -0.2) is 103 Å². The number of para-hydroxylation sites is 1. The van der Waals surface area contributed by atoms with Crippen LogP contribution in [0.5, 0.6) is 5.75 Å². The smallest absolute Gasteiger partial charge is 0.255 e. The lowest BCUT2D eigenvalue weighted by Crippen LogP contribution is -2.57. The van der Waals surface area contributed by atoms with E-state index in [2.05, 4.69) is 16.0 Å². The molecular weight excluding hydrogens is 434 g/mol. The molecular formula is C21H27N5O7. The molecule has 2 aliphatic heterocycles. The van der Waals surface area contributed by atoms with Crippen molar-refractivity contribution in [3.05, 3.63) is 29.8 Å². The minimum atomic E-state index is -1.30. The number of ether oxygens (including phenoxy) is 1. The lowest BCUT2D eigenvalue weighted by molar-refractivity contribution is -0.141. The molecule has 0 aromatic heterocycles. The molecule has 5 amide bonds. The van der Waals surface area contributed by atoms with Crippen molar-refractivity contribution in [2.45, 2.75) is 18.5 Å². The highest BCUT2D eigenvalue weighted by Gasteiger charge is 2.33. The third-order valence-corrected chi connectivity index (χ3v) is 5.35. The molecule has 12 heteroatoms. The Morgan fingerprint density at radius 2 is 1.88 bits per heavy atom. The summed E-state index contributed by atoms with van der Waals surface area (Å²) < 4.78 is 5.68. The SMILES string of the molecule is CN1CCOc2ccccc2C(=O)N[C@H](C(=O)N2CCNC(=O)C2)CC(=O)N[C@@H](CO)C1=O. The molecule has 2 heterocycles. The lowest BCUT2D eigenvalue weighted by atomic mass is 10.1. The van der Waals surface area contributed by atoms with Crippen LogP contribution in [0.1, 0.15) is 16.8 Å². The maximum absolute atomic E-state index is 13.1. The van der Waals surface area contributed by atoms with E-state index in [9.17, 15) is 29.1 Å². The number of fused-ring (bicyclic) bond motifs is 1. The average molecular weight is 461 g/mol. The summed E-state index contributed by atoms with van der Waals surface area (Å²) >= 11 is 0. The number of rotatable bonds is 2. The van der Waals surface area contributed by atoms with Crippen LogP contribution in [0.15, 0.2) is 24.3 Å². The number of hydrogen-bond acceptors (Lipinski definition) is 7. The summed E-state index contributed by atoms with van der Waals surface area (Å²) in [5.74, 6) is -2.57. The van der Waals surface area contributed by atoms with E-state index in [0.29, 0.717) is 0 Å². The normalized spacial score (nSPS) is 22.8. The largest absolute Gasteiger partial charge is 0.491 e. The molecule has 1 fully saturated rings. The van der Waals surface area contributed by atoms with E-state index in [0.717, 1.165) is 0 Å². The number of aliphatic hydroxyl groups excluding tert-OH is 1. The molecule has 1 saturated heterocycles. The Kier molecular flexibility index (Phi) is 7.83. The number of likely N-dealkylation sites (N-methyl/N-ethyl adjacent to an activating group) is 1. The Morgan fingerprint density at radius 1 is 1.12 bits per heavy atom. The second-order valence-corrected chi connectivity index (χ2v) is 7.75. The summed E-state index contributed by atoms with van der Waals surface area (Å²) in [4.78, 5) is 65.6. The number of nitrogens with zero attached hydrogens (tertiary/aromatic N) is 2. The van der Waals surface area contributed by atoms with Gasteiger partial charge in [0.15, 0.2) is 0 Å². The Hall–Kier alpha value is -3.67. The minimum Gasteiger partial charge on any atom is -0.491 e. The fourth-order valence-corrected chi connectivity index (χ4v) is 3.56. The quantitative estimate of drug-likeness (QED) is 0.378. The van der Waals surface area contributed by atoms with Crippen molar-refractivity contribution in [3.63, 3.8) is 0 Å². The number of benzene rings is 1. The van der Waals surface area contributed by atoms with E-state index in [4.69, 9.17) is 4.74 Å². The van der Waals surface area contributed by atoms with Gasteiger partial charge in [0.25, 0.3) is 5.91 Å². The predicted octanol–water partition coefficient (Wildman–Crippen LogP) is -2.54. The van der Waals surface area contributed by atoms with Gasteiger partial charge in [-0.2, -0.15) is 0 Å². The highest BCUT2D eigenvalue weighted by atomic mass is 16.5. The second-order valence-electron chi connectivity index (χ2n) is 7.75. The Balaban J connectivity index is 1.91. The van der Waals surface area contributed by atoms with Crippen LogP contribution in [0.2, 0.25) is 0 Å². The summed E-state index contributed by atoms with van der Waals surface area (Å²) in [5, 5.41) is 17.2. The first-order valence-electron chi connectivity index (χ1n) is 10.5. The van der Waals surface area contributed by atoms with Crippen molar-refractivity contribution < 1.29 is 33.8 Å². The number of hydrogen-bond donors (Lipinski definition) is 4. The summed E-state index contributed by atoms with van der Waals surface area (Å²) in [6.45, 7) is -0.156. The van der Waals surface area contributed by atoms with Gasteiger partial charge in [0.1, 0.15) is 24.4 Å². The zero-order valence-electron chi connectivity index (χ0n) is 18.2. The Morgan fingerprint density at radius 3 is 2.61 bits per heavy atom. The molecule has 0 radical (unpaired) electrons. The summed E-state index contributed by atoms with van der Waals surface area (Å²) in [6, 6.07) is 3.89. The van der Waals surface area contributed by atoms with E-state index in [1.807, 2.05) is 0 Å². The van der Waals surface area contributed by atoms with Crippen LogP contribution < -0.4 is 20.7 Å². The van der Waals surface area contributed by atoms with Gasteiger partial charge in [0, 0.05) is 20.1 Å². The van der Waals surface area contributed by atoms with Crippen LogP contribution in [0, 0.1) is 0 Å². The summed E-state index contributed by atoms with van der Waals surface area (Å²) in [6.07, 6.45) is -0.487. The van der Waals surface area contributed by atoms with Gasteiger partial charge in [-0.05, 0) is 12.1 Å². The number of carbonyl (C=O) groups is 5. The van der Waals surface area contributed by atoms with Crippen molar-refractivity contribution in [2.24, 2.45) is 0 Å². The molecule has 12 nitrogen and oxygen atoms in total. The molecule has 0 unspecified atom stereocenters. The maximum Gasteiger partial charge on any atom is 0.255 e. The Labute approximate surface area is 190 Å². The molecule has 33 heavy (non-hydrogen) atoms. The molecule has 2 atom stereocenters. The van der Waals surface area contributed by atoms with Gasteiger partial charge in [-0.25, -0.2) is 0 Å². The van der Waals surface area contributed by atoms with Crippen LogP contribution in [0.25, 0.3) is 0 Å². The van der Waals surface area contributed by atoms with Gasteiger partial charge < -0.3 is 35.6 Å². The molecule has 1 aromatic carbocycles. The van der Waals surface area contributed by atoms with Gasteiger partial charge in [0.05, 0.1) is 31.7 Å².